The fourth-order valence-electron chi connectivity index (χ4n) is 0.0393. The minimum atomic E-state index is 0.981. The molecular formula is BO2S. The fourth-order valence-corrected chi connectivity index (χ4v) is 0.118. The lowest BCUT2D eigenvalue weighted by Crippen LogP contribution is -2.03. The molecule has 0 aromatic rings. The van der Waals surface area contributed by atoms with Crippen LogP contribution in [0.25, 0.3) is 0 Å². The fraction of sp³-hybridized carbons (Fsp3) is 0. The van der Waals surface area contributed by atoms with E-state index in [4.69, 9.17) is 0 Å². The summed E-state index contributed by atoms with van der Waals surface area (Å²) in [4.78, 5) is 0. The SMILES string of the molecule is [B]1OSO1. The molecule has 2 nitrogen and oxygen atoms in total. The summed E-state index contributed by atoms with van der Waals surface area (Å²) in [5, 5.41) is 0. The van der Waals surface area contributed by atoms with Crippen LogP contribution in [0, 0.1) is 0 Å². The van der Waals surface area contributed by atoms with Crippen LogP contribution >= 0.6 is 12.3 Å². The van der Waals surface area contributed by atoms with Crippen LogP contribution in [0.1, 0.15) is 0 Å². The minimum absolute atomic E-state index is 0.981. The van der Waals surface area contributed by atoms with Crippen molar-refractivity contribution in [3.05, 3.63) is 0 Å². The molecule has 4 heteroatoms. The maximum Gasteiger partial charge on any atom is 0.515 e. The van der Waals surface area contributed by atoms with Gasteiger partial charge in [-0.2, -0.15) is 0 Å². The lowest BCUT2D eigenvalue weighted by atomic mass is 10.4. The van der Waals surface area contributed by atoms with Gasteiger partial charge in [-0.25, -0.2) is 0 Å². The highest BCUT2D eigenvalue weighted by molar-refractivity contribution is 7.93. The van der Waals surface area contributed by atoms with E-state index in [1.165, 1.54) is 7.69 Å². The molecule has 0 spiro atoms. The van der Waals surface area contributed by atoms with Gasteiger partial charge >= 0.3 is 7.69 Å². The van der Waals surface area contributed by atoms with Crippen LogP contribution in [0.4, 0.5) is 0 Å². The zero-order valence-electron chi connectivity index (χ0n) is 1.80. The van der Waals surface area contributed by atoms with E-state index in [1.54, 1.807) is 0 Å². The second-order valence-electron chi connectivity index (χ2n) is 0.357. The smallest absolute Gasteiger partial charge is 0.322 e. The van der Waals surface area contributed by atoms with E-state index in [9.17, 15) is 0 Å². The maximum atomic E-state index is 4.29. The van der Waals surface area contributed by atoms with Crippen LogP contribution in [0.5, 0.6) is 0 Å². The Morgan fingerprint density at radius 3 is 1.75 bits per heavy atom. The molecule has 0 aromatic heterocycles. The van der Waals surface area contributed by atoms with Crippen molar-refractivity contribution in [2.75, 3.05) is 0 Å². The van der Waals surface area contributed by atoms with Crippen molar-refractivity contribution < 1.29 is 8.20 Å². The van der Waals surface area contributed by atoms with E-state index in [0.29, 0.717) is 0 Å². The van der Waals surface area contributed by atoms with Crippen LogP contribution in [0.3, 0.4) is 0 Å². The van der Waals surface area contributed by atoms with Gasteiger partial charge in [-0.3, -0.25) is 0 Å². The largest absolute Gasteiger partial charge is 0.515 e. The zero-order chi connectivity index (χ0) is 2.83. The Bertz CT molecular complexity index is 14.0. The summed E-state index contributed by atoms with van der Waals surface area (Å²) in [6.45, 7) is 0. The van der Waals surface area contributed by atoms with Crippen molar-refractivity contribution >= 4 is 20.0 Å². The maximum absolute atomic E-state index is 4.29. The quantitative estimate of drug-likeness (QED) is 0.301. The summed E-state index contributed by atoms with van der Waals surface area (Å²) in [6, 6.07) is 0. The molecule has 0 amide bonds. The topological polar surface area (TPSA) is 18.5 Å². The molecule has 1 saturated heterocycles. The summed E-state index contributed by atoms with van der Waals surface area (Å²) in [7, 11) is 1.27. The van der Waals surface area contributed by atoms with Gasteiger partial charge in [0.1, 0.15) is 12.3 Å². The van der Waals surface area contributed by atoms with Crippen molar-refractivity contribution in [2.45, 2.75) is 0 Å². The Morgan fingerprint density at radius 1 is 1.50 bits per heavy atom. The van der Waals surface area contributed by atoms with E-state index in [0.717, 1.165) is 12.3 Å². The van der Waals surface area contributed by atoms with Crippen molar-refractivity contribution in [1.82, 2.24) is 0 Å². The van der Waals surface area contributed by atoms with Crippen molar-refractivity contribution in [3.63, 3.8) is 0 Å². The highest BCUT2D eigenvalue weighted by Gasteiger charge is 2.04. The van der Waals surface area contributed by atoms with Crippen LogP contribution < -0.4 is 0 Å². The first-order chi connectivity index (χ1) is 2.00. The van der Waals surface area contributed by atoms with E-state index >= 15 is 0 Å². The van der Waals surface area contributed by atoms with Gasteiger partial charge in [0.05, 0.1) is 0 Å². The van der Waals surface area contributed by atoms with Crippen LogP contribution in [0.2, 0.25) is 0 Å². The van der Waals surface area contributed by atoms with Crippen molar-refractivity contribution in [3.8, 4) is 0 Å². The zero-order valence-corrected chi connectivity index (χ0v) is 2.62. The first kappa shape index (κ1) is 2.57. The molecule has 1 fully saturated rings. The summed E-state index contributed by atoms with van der Waals surface area (Å²) < 4.78 is 8.58. The molecule has 0 aromatic carbocycles. The minimum Gasteiger partial charge on any atom is -0.322 e. The molecule has 0 aliphatic carbocycles. The third kappa shape index (κ3) is 0.221. The Balaban J connectivity index is 2.00. The molecule has 1 radical (unpaired) electrons. The van der Waals surface area contributed by atoms with Gasteiger partial charge in [0.15, 0.2) is 0 Å². The van der Waals surface area contributed by atoms with Crippen LogP contribution in [-0.4, -0.2) is 7.69 Å². The van der Waals surface area contributed by atoms with Gasteiger partial charge in [0.25, 0.3) is 0 Å². The van der Waals surface area contributed by atoms with E-state index in [-0.39, 0.29) is 0 Å². The van der Waals surface area contributed by atoms with Gasteiger partial charge < -0.3 is 8.20 Å². The molecule has 21 valence electrons. The monoisotopic (exact) mass is 75.0 g/mol. The first-order valence-electron chi connectivity index (χ1n) is 0.805. The normalized spacial score (nSPS) is 22.0. The molecule has 4 heavy (non-hydrogen) atoms. The van der Waals surface area contributed by atoms with Gasteiger partial charge in [-0.1, -0.05) is 0 Å². The van der Waals surface area contributed by atoms with Gasteiger partial charge in [0, 0.05) is 0 Å². The summed E-state index contributed by atoms with van der Waals surface area (Å²) in [5.41, 5.74) is 0. The van der Waals surface area contributed by atoms with E-state index < -0.39 is 0 Å². The van der Waals surface area contributed by atoms with Gasteiger partial charge in [-0.15, -0.1) is 0 Å². The molecule has 1 aliphatic rings. The highest BCUT2D eigenvalue weighted by atomic mass is 32.2. The van der Waals surface area contributed by atoms with Gasteiger partial charge in [0.2, 0.25) is 0 Å². The summed E-state index contributed by atoms with van der Waals surface area (Å²) in [6.07, 6.45) is 0. The van der Waals surface area contributed by atoms with Crippen LogP contribution in [0.15, 0.2) is 0 Å². The molecule has 1 aliphatic heterocycles. The second-order valence-corrected chi connectivity index (χ2v) is 0.878. The highest BCUT2D eigenvalue weighted by Crippen LogP contribution is 2.11. The average molecular weight is 74.9 g/mol. The predicted octanol–water partition coefficient (Wildman–Crippen LogP) is 0.131. The Kier molecular flexibility index (Phi) is 0.621. The standard InChI is InChI=1S/BO2S/c1-2-4-3-1. The third-order valence-electron chi connectivity index (χ3n) is 0.157. The van der Waals surface area contributed by atoms with Crippen molar-refractivity contribution in [1.29, 1.82) is 0 Å². The number of hydrogen-bond donors (Lipinski definition) is 0. The van der Waals surface area contributed by atoms with E-state index in [2.05, 4.69) is 8.20 Å². The molecule has 0 saturated carbocycles. The van der Waals surface area contributed by atoms with Gasteiger partial charge in [-0.05, 0) is 0 Å². The van der Waals surface area contributed by atoms with Crippen molar-refractivity contribution in [2.24, 2.45) is 0 Å². The first-order valence-corrected chi connectivity index (χ1v) is 1.47. The van der Waals surface area contributed by atoms with E-state index in [1.807, 2.05) is 0 Å². The third-order valence-corrected chi connectivity index (χ3v) is 0.471. The lowest BCUT2D eigenvalue weighted by Gasteiger charge is -2.03. The lowest BCUT2D eigenvalue weighted by molar-refractivity contribution is 0.431. The molecule has 1 heterocycles. The number of hydrogen-bond acceptors (Lipinski definition) is 3. The molecule has 1 rings (SSSR count). The Labute approximate surface area is 29.2 Å². The molecular weight excluding hydrogens is 74.9 g/mol. The average Bonchev–Trinajstić information content (AvgIpc) is 0.722. The second kappa shape index (κ2) is 0.968. The molecule has 0 atom stereocenters. The Hall–Kier alpha value is 0.335. The number of rotatable bonds is 0. The Morgan fingerprint density at radius 2 is 1.75 bits per heavy atom. The molecule has 0 unspecified atom stereocenters. The molecule has 0 N–H and O–H groups in total. The summed E-state index contributed by atoms with van der Waals surface area (Å²) >= 11 is 0.981. The predicted molar refractivity (Wildman–Crippen MR) is 15.5 cm³/mol. The molecule has 0 bridgehead atoms. The summed E-state index contributed by atoms with van der Waals surface area (Å²) in [5.74, 6) is 0. The van der Waals surface area contributed by atoms with Crippen LogP contribution in [-0.2, 0) is 8.20 Å².